The van der Waals surface area contributed by atoms with E-state index < -0.39 is 12.7 Å². The van der Waals surface area contributed by atoms with Crippen LogP contribution in [0.2, 0.25) is 0 Å². The first-order chi connectivity index (χ1) is 9.48. The highest BCUT2D eigenvalue weighted by atomic mass is 19.4. The molecular weight excluding hydrogens is 269 g/mol. The molecule has 0 bridgehead atoms. The fourth-order valence-corrected chi connectivity index (χ4v) is 1.66. The van der Waals surface area contributed by atoms with Crippen LogP contribution in [0.1, 0.15) is 0 Å². The van der Waals surface area contributed by atoms with E-state index in [0.29, 0.717) is 5.75 Å². The third kappa shape index (κ3) is 3.88. The summed E-state index contributed by atoms with van der Waals surface area (Å²) in [7, 11) is 1.57. The average molecular weight is 282 g/mol. The van der Waals surface area contributed by atoms with E-state index in [4.69, 9.17) is 4.74 Å². The Morgan fingerprint density at radius 3 is 2.55 bits per heavy atom. The van der Waals surface area contributed by atoms with E-state index in [1.165, 1.54) is 12.3 Å². The molecule has 0 saturated heterocycles. The maximum absolute atomic E-state index is 12.1. The van der Waals surface area contributed by atoms with Crippen molar-refractivity contribution in [1.29, 1.82) is 0 Å². The molecule has 0 radical (unpaired) electrons. The summed E-state index contributed by atoms with van der Waals surface area (Å²) >= 11 is 0. The fraction of sp³-hybridized carbons (Fsp3) is 0.214. The molecule has 6 heteroatoms. The number of pyridine rings is 1. The third-order valence-corrected chi connectivity index (χ3v) is 2.64. The highest BCUT2D eigenvalue weighted by molar-refractivity contribution is 5.65. The second kappa shape index (κ2) is 5.81. The molecule has 1 N–H and O–H groups in total. The summed E-state index contributed by atoms with van der Waals surface area (Å²) in [6, 6.07) is 10.6. The summed E-state index contributed by atoms with van der Waals surface area (Å²) in [5.74, 6) is 0.899. The first-order valence-corrected chi connectivity index (χ1v) is 5.89. The molecule has 2 rings (SSSR count). The van der Waals surface area contributed by atoms with Crippen molar-refractivity contribution in [3.05, 3.63) is 42.6 Å². The molecule has 20 heavy (non-hydrogen) atoms. The molecule has 0 atom stereocenters. The number of aromatic nitrogens is 1. The van der Waals surface area contributed by atoms with Gasteiger partial charge in [-0.15, -0.1) is 0 Å². The minimum Gasteiger partial charge on any atom is -0.497 e. The number of halogens is 3. The lowest BCUT2D eigenvalue weighted by molar-refractivity contribution is -0.115. The van der Waals surface area contributed by atoms with Crippen LogP contribution in [0.5, 0.6) is 5.75 Å². The molecule has 106 valence electrons. The van der Waals surface area contributed by atoms with Crippen LogP contribution in [0.3, 0.4) is 0 Å². The Morgan fingerprint density at radius 1 is 1.15 bits per heavy atom. The predicted molar refractivity (Wildman–Crippen MR) is 70.8 cm³/mol. The summed E-state index contributed by atoms with van der Waals surface area (Å²) in [5.41, 5.74) is 1.70. The van der Waals surface area contributed by atoms with Gasteiger partial charge in [0.1, 0.15) is 18.1 Å². The number of alkyl halides is 3. The zero-order valence-electron chi connectivity index (χ0n) is 10.7. The Morgan fingerprint density at radius 2 is 1.95 bits per heavy atom. The van der Waals surface area contributed by atoms with E-state index in [9.17, 15) is 13.2 Å². The van der Waals surface area contributed by atoms with Crippen LogP contribution in [0.4, 0.5) is 19.0 Å². The Hall–Kier alpha value is -2.24. The van der Waals surface area contributed by atoms with E-state index in [1.807, 2.05) is 24.3 Å². The van der Waals surface area contributed by atoms with Gasteiger partial charge in [0.05, 0.1) is 7.11 Å². The highest BCUT2D eigenvalue weighted by Crippen LogP contribution is 2.24. The highest BCUT2D eigenvalue weighted by Gasteiger charge is 2.26. The first kappa shape index (κ1) is 14.2. The number of rotatable bonds is 4. The van der Waals surface area contributed by atoms with Crippen LogP contribution in [-0.2, 0) is 0 Å². The van der Waals surface area contributed by atoms with Crippen LogP contribution >= 0.6 is 0 Å². The van der Waals surface area contributed by atoms with Crippen LogP contribution in [0.15, 0.2) is 42.6 Å². The molecular formula is C14H13F3N2O. The van der Waals surface area contributed by atoms with Crippen molar-refractivity contribution >= 4 is 5.82 Å². The van der Waals surface area contributed by atoms with E-state index in [2.05, 4.69) is 10.3 Å². The fourth-order valence-electron chi connectivity index (χ4n) is 1.66. The zero-order valence-corrected chi connectivity index (χ0v) is 10.7. The van der Waals surface area contributed by atoms with Crippen molar-refractivity contribution in [2.24, 2.45) is 0 Å². The van der Waals surface area contributed by atoms with Gasteiger partial charge in [0.15, 0.2) is 0 Å². The summed E-state index contributed by atoms with van der Waals surface area (Å²) < 4.78 is 41.3. The van der Waals surface area contributed by atoms with E-state index in [0.717, 1.165) is 11.1 Å². The number of hydrogen-bond acceptors (Lipinski definition) is 3. The Kier molecular flexibility index (Phi) is 4.12. The summed E-state index contributed by atoms with van der Waals surface area (Å²) in [6.07, 6.45) is -2.74. The number of hydrogen-bond donors (Lipinski definition) is 1. The molecule has 0 aliphatic carbocycles. The summed E-state index contributed by atoms with van der Waals surface area (Å²) in [5, 5.41) is 2.23. The van der Waals surface area contributed by atoms with Crippen LogP contribution in [0.25, 0.3) is 11.1 Å². The van der Waals surface area contributed by atoms with Crippen molar-refractivity contribution in [3.63, 3.8) is 0 Å². The Labute approximate surface area is 114 Å². The van der Waals surface area contributed by atoms with Crippen LogP contribution in [-0.4, -0.2) is 24.8 Å². The number of benzene rings is 1. The molecule has 0 spiro atoms. The van der Waals surface area contributed by atoms with Gasteiger partial charge in [0, 0.05) is 11.8 Å². The number of methoxy groups -OCH3 is 1. The van der Waals surface area contributed by atoms with Gasteiger partial charge in [0.2, 0.25) is 0 Å². The number of ether oxygens (including phenoxy) is 1. The standard InChI is InChI=1S/C14H13F3N2O/c1-20-12-4-2-3-10(7-12)11-5-6-13(18-8-11)19-9-14(15,16)17/h2-8H,9H2,1H3,(H,18,19). The van der Waals surface area contributed by atoms with E-state index in [-0.39, 0.29) is 5.82 Å². The van der Waals surface area contributed by atoms with Gasteiger partial charge in [0.25, 0.3) is 0 Å². The lowest BCUT2D eigenvalue weighted by atomic mass is 10.1. The van der Waals surface area contributed by atoms with Crippen molar-refractivity contribution < 1.29 is 17.9 Å². The minimum atomic E-state index is -4.26. The Balaban J connectivity index is 2.11. The number of anilines is 1. The second-order valence-corrected chi connectivity index (χ2v) is 4.13. The summed E-state index contributed by atoms with van der Waals surface area (Å²) in [6.45, 7) is -1.10. The van der Waals surface area contributed by atoms with Crippen molar-refractivity contribution in [3.8, 4) is 16.9 Å². The maximum Gasteiger partial charge on any atom is 0.405 e. The smallest absolute Gasteiger partial charge is 0.405 e. The predicted octanol–water partition coefficient (Wildman–Crippen LogP) is 3.73. The van der Waals surface area contributed by atoms with Gasteiger partial charge < -0.3 is 10.1 Å². The van der Waals surface area contributed by atoms with Gasteiger partial charge in [-0.25, -0.2) is 4.98 Å². The molecule has 2 aromatic rings. The molecule has 3 nitrogen and oxygen atoms in total. The van der Waals surface area contributed by atoms with Crippen LogP contribution in [0, 0.1) is 0 Å². The molecule has 0 unspecified atom stereocenters. The quantitative estimate of drug-likeness (QED) is 0.927. The largest absolute Gasteiger partial charge is 0.497 e. The van der Waals surface area contributed by atoms with Crippen molar-refractivity contribution in [1.82, 2.24) is 4.98 Å². The lowest BCUT2D eigenvalue weighted by Crippen LogP contribution is -2.21. The molecule has 0 fully saturated rings. The monoisotopic (exact) mass is 282 g/mol. The molecule has 1 aromatic heterocycles. The van der Waals surface area contributed by atoms with Gasteiger partial charge in [-0.1, -0.05) is 12.1 Å². The number of nitrogens with one attached hydrogen (secondary N) is 1. The SMILES string of the molecule is COc1cccc(-c2ccc(NCC(F)(F)F)nc2)c1. The third-order valence-electron chi connectivity index (χ3n) is 2.64. The van der Waals surface area contributed by atoms with Gasteiger partial charge in [-0.2, -0.15) is 13.2 Å². The first-order valence-electron chi connectivity index (χ1n) is 5.89. The number of nitrogens with zero attached hydrogens (tertiary/aromatic N) is 1. The van der Waals surface area contributed by atoms with E-state index >= 15 is 0 Å². The topological polar surface area (TPSA) is 34.1 Å². The zero-order chi connectivity index (χ0) is 14.6. The van der Waals surface area contributed by atoms with Crippen molar-refractivity contribution in [2.75, 3.05) is 19.0 Å². The summed E-state index contributed by atoms with van der Waals surface area (Å²) in [4.78, 5) is 3.96. The molecule has 0 aliphatic heterocycles. The normalized spacial score (nSPS) is 11.2. The van der Waals surface area contributed by atoms with Gasteiger partial charge in [-0.3, -0.25) is 0 Å². The van der Waals surface area contributed by atoms with Gasteiger partial charge in [-0.05, 0) is 29.8 Å². The molecule has 1 heterocycles. The molecule has 0 amide bonds. The van der Waals surface area contributed by atoms with Crippen LogP contribution < -0.4 is 10.1 Å². The minimum absolute atomic E-state index is 0.189. The van der Waals surface area contributed by atoms with E-state index in [1.54, 1.807) is 13.2 Å². The average Bonchev–Trinajstić information content (AvgIpc) is 2.45. The Bertz CT molecular complexity index is 567. The molecule has 0 saturated carbocycles. The molecule has 0 aliphatic rings. The second-order valence-electron chi connectivity index (χ2n) is 4.13. The van der Waals surface area contributed by atoms with Gasteiger partial charge >= 0.3 is 6.18 Å². The molecule has 1 aromatic carbocycles. The van der Waals surface area contributed by atoms with Crippen molar-refractivity contribution in [2.45, 2.75) is 6.18 Å². The maximum atomic E-state index is 12.1. The lowest BCUT2D eigenvalue weighted by Gasteiger charge is -2.09.